The van der Waals surface area contributed by atoms with Crippen LogP contribution >= 0.6 is 11.6 Å². The Labute approximate surface area is 204 Å². The maximum atomic E-state index is 13.3. The van der Waals surface area contributed by atoms with Gasteiger partial charge in [0.2, 0.25) is 5.91 Å². The number of carbonyl (C=O) groups excluding carboxylic acids is 2. The van der Waals surface area contributed by atoms with Crippen molar-refractivity contribution < 1.29 is 14.0 Å². The molecule has 180 valence electrons. The number of carbonyl (C=O) groups is 2. The average Bonchev–Trinajstić information content (AvgIpc) is 3.17. The van der Waals surface area contributed by atoms with Crippen LogP contribution in [0.5, 0.6) is 0 Å². The van der Waals surface area contributed by atoms with Crippen LogP contribution in [0.4, 0.5) is 10.2 Å². The van der Waals surface area contributed by atoms with Crippen LogP contribution < -0.4 is 5.32 Å². The summed E-state index contributed by atoms with van der Waals surface area (Å²) < 4.78 is 14.9. The summed E-state index contributed by atoms with van der Waals surface area (Å²) >= 11 is 6.40. The molecule has 3 aromatic rings. The minimum Gasteiger partial charge on any atom is -0.329 e. The lowest BCUT2D eigenvalue weighted by atomic mass is 9.92. The van der Waals surface area contributed by atoms with Gasteiger partial charge in [0.1, 0.15) is 18.2 Å². The summed E-state index contributed by atoms with van der Waals surface area (Å²) in [7, 11) is 0. The van der Waals surface area contributed by atoms with Gasteiger partial charge in [-0.1, -0.05) is 58.4 Å². The highest BCUT2D eigenvalue weighted by molar-refractivity contribution is 6.32. The fraction of sp³-hybridized carbons (Fsp3) is 0.346. The first kappa shape index (κ1) is 25.4. The number of hydrogen-bond donors (Lipinski definition) is 1. The van der Waals surface area contributed by atoms with Gasteiger partial charge in [0.25, 0.3) is 5.91 Å². The summed E-state index contributed by atoms with van der Waals surface area (Å²) in [4.78, 5) is 27.6. The molecule has 8 heteroatoms. The molecule has 2 aromatic carbocycles. The Balaban J connectivity index is 1.88. The molecule has 1 N–H and O–H groups in total. The Morgan fingerprint density at radius 2 is 1.76 bits per heavy atom. The van der Waals surface area contributed by atoms with E-state index in [9.17, 15) is 14.0 Å². The van der Waals surface area contributed by atoms with E-state index in [4.69, 9.17) is 11.6 Å². The van der Waals surface area contributed by atoms with E-state index in [2.05, 4.69) is 10.4 Å². The van der Waals surface area contributed by atoms with Crippen LogP contribution in [0.3, 0.4) is 0 Å². The third-order valence-corrected chi connectivity index (χ3v) is 5.44. The van der Waals surface area contributed by atoms with Crippen LogP contribution in [0, 0.1) is 11.7 Å². The quantitative estimate of drug-likeness (QED) is 0.467. The molecule has 0 bridgehead atoms. The van der Waals surface area contributed by atoms with Crippen molar-refractivity contribution in [2.45, 2.75) is 40.0 Å². The zero-order chi connectivity index (χ0) is 25.0. The van der Waals surface area contributed by atoms with Crippen molar-refractivity contribution in [2.75, 3.05) is 18.4 Å². The molecule has 0 saturated carbocycles. The highest BCUT2D eigenvalue weighted by atomic mass is 35.5. The van der Waals surface area contributed by atoms with Gasteiger partial charge in [0.05, 0.1) is 16.4 Å². The van der Waals surface area contributed by atoms with Crippen molar-refractivity contribution in [2.24, 2.45) is 5.92 Å². The Morgan fingerprint density at radius 3 is 2.35 bits per heavy atom. The molecular formula is C26H30ClFN4O2. The third-order valence-electron chi connectivity index (χ3n) is 5.12. The number of benzene rings is 2. The molecule has 1 aromatic heterocycles. The number of aromatic nitrogens is 2. The Kier molecular flexibility index (Phi) is 7.77. The summed E-state index contributed by atoms with van der Waals surface area (Å²) in [6.45, 7) is 10.2. The lowest BCUT2D eigenvalue weighted by Gasteiger charge is -2.24. The number of para-hydroxylation sites is 1. The van der Waals surface area contributed by atoms with Crippen LogP contribution in [0.1, 0.15) is 50.7 Å². The molecule has 0 aliphatic rings. The van der Waals surface area contributed by atoms with Gasteiger partial charge in [-0.15, -0.1) is 0 Å². The predicted molar refractivity (Wildman–Crippen MR) is 133 cm³/mol. The number of hydrogen-bond acceptors (Lipinski definition) is 3. The van der Waals surface area contributed by atoms with Crippen molar-refractivity contribution in [3.8, 4) is 5.69 Å². The van der Waals surface area contributed by atoms with E-state index < -0.39 is 5.82 Å². The molecule has 3 rings (SSSR count). The Morgan fingerprint density at radius 1 is 1.12 bits per heavy atom. The molecular weight excluding hydrogens is 455 g/mol. The van der Waals surface area contributed by atoms with Gasteiger partial charge >= 0.3 is 0 Å². The van der Waals surface area contributed by atoms with Gasteiger partial charge in [0.15, 0.2) is 0 Å². The van der Waals surface area contributed by atoms with Gasteiger partial charge in [-0.2, -0.15) is 5.10 Å². The van der Waals surface area contributed by atoms with Crippen molar-refractivity contribution in [3.63, 3.8) is 0 Å². The van der Waals surface area contributed by atoms with E-state index in [1.807, 2.05) is 58.9 Å². The maximum Gasteiger partial charge on any atom is 0.254 e. The Hall–Kier alpha value is -3.19. The molecule has 0 spiro atoms. The molecule has 34 heavy (non-hydrogen) atoms. The van der Waals surface area contributed by atoms with Crippen molar-refractivity contribution in [1.82, 2.24) is 14.7 Å². The molecule has 0 fully saturated rings. The van der Waals surface area contributed by atoms with Gasteiger partial charge in [-0.05, 0) is 42.3 Å². The van der Waals surface area contributed by atoms with E-state index in [0.29, 0.717) is 28.6 Å². The maximum absolute atomic E-state index is 13.3. The molecule has 0 atom stereocenters. The zero-order valence-electron chi connectivity index (χ0n) is 20.1. The van der Waals surface area contributed by atoms with Crippen molar-refractivity contribution in [3.05, 3.63) is 76.7 Å². The monoisotopic (exact) mass is 484 g/mol. The highest BCUT2D eigenvalue weighted by Crippen LogP contribution is 2.29. The van der Waals surface area contributed by atoms with Gasteiger partial charge in [-0.3, -0.25) is 9.59 Å². The average molecular weight is 485 g/mol. The van der Waals surface area contributed by atoms with Crippen LogP contribution in [0.15, 0.2) is 54.6 Å². The fourth-order valence-corrected chi connectivity index (χ4v) is 3.65. The predicted octanol–water partition coefficient (Wildman–Crippen LogP) is 5.70. The van der Waals surface area contributed by atoms with Crippen LogP contribution in [0.2, 0.25) is 5.02 Å². The SMILES string of the molecule is CC(C)CN(CC(=O)Nc1cc(C(C)(C)C)nn1-c1ccccc1Cl)C(=O)c1ccc(F)cc1. The molecule has 6 nitrogen and oxygen atoms in total. The smallest absolute Gasteiger partial charge is 0.254 e. The van der Waals surface area contributed by atoms with Crippen LogP contribution in [-0.2, 0) is 10.2 Å². The topological polar surface area (TPSA) is 67.2 Å². The van der Waals surface area contributed by atoms with E-state index in [1.165, 1.54) is 29.2 Å². The van der Waals surface area contributed by atoms with Crippen molar-refractivity contribution in [1.29, 1.82) is 0 Å². The normalized spacial score (nSPS) is 11.5. The lowest BCUT2D eigenvalue weighted by Crippen LogP contribution is -2.40. The molecule has 1 heterocycles. The van der Waals surface area contributed by atoms with Gasteiger partial charge < -0.3 is 10.2 Å². The molecule has 0 aliphatic carbocycles. The van der Waals surface area contributed by atoms with Crippen molar-refractivity contribution >= 4 is 29.2 Å². The van der Waals surface area contributed by atoms with E-state index in [1.54, 1.807) is 10.7 Å². The highest BCUT2D eigenvalue weighted by Gasteiger charge is 2.24. The number of amides is 2. The molecule has 0 radical (unpaired) electrons. The van der Waals surface area contributed by atoms with E-state index >= 15 is 0 Å². The number of nitrogens with one attached hydrogen (secondary N) is 1. The number of nitrogens with zero attached hydrogens (tertiary/aromatic N) is 3. The summed E-state index contributed by atoms with van der Waals surface area (Å²) in [6, 6.07) is 14.4. The fourth-order valence-electron chi connectivity index (χ4n) is 3.43. The summed E-state index contributed by atoms with van der Waals surface area (Å²) in [6.07, 6.45) is 0. The van der Waals surface area contributed by atoms with Gasteiger partial charge in [-0.25, -0.2) is 9.07 Å². The molecule has 2 amide bonds. The first-order chi connectivity index (χ1) is 16.0. The standard InChI is InChI=1S/C26H30ClFN4O2/c1-17(2)15-31(25(34)18-10-12-19(28)13-11-18)16-24(33)29-23-14-22(26(3,4)5)30-32(23)21-9-7-6-8-20(21)27/h6-14,17H,15-16H2,1-5H3,(H,29,33). The second-order valence-electron chi connectivity index (χ2n) is 9.66. The second kappa shape index (κ2) is 10.4. The van der Waals surface area contributed by atoms with Crippen LogP contribution in [-0.4, -0.2) is 39.6 Å². The van der Waals surface area contributed by atoms with Crippen LogP contribution in [0.25, 0.3) is 5.69 Å². The second-order valence-corrected chi connectivity index (χ2v) is 10.1. The summed E-state index contributed by atoms with van der Waals surface area (Å²) in [5, 5.41) is 8.08. The number of halogens is 2. The third kappa shape index (κ3) is 6.23. The summed E-state index contributed by atoms with van der Waals surface area (Å²) in [5.74, 6) is -0.532. The minimum atomic E-state index is -0.424. The molecule has 0 saturated heterocycles. The zero-order valence-corrected chi connectivity index (χ0v) is 20.9. The number of anilines is 1. The lowest BCUT2D eigenvalue weighted by molar-refractivity contribution is -0.117. The molecule has 0 aliphatic heterocycles. The summed E-state index contributed by atoms with van der Waals surface area (Å²) in [5.41, 5.74) is 1.49. The van der Waals surface area contributed by atoms with Gasteiger partial charge in [0, 0.05) is 23.6 Å². The molecule has 0 unspecified atom stereocenters. The largest absolute Gasteiger partial charge is 0.329 e. The minimum absolute atomic E-state index is 0.137. The van der Waals surface area contributed by atoms with E-state index in [0.717, 1.165) is 5.69 Å². The first-order valence-corrected chi connectivity index (χ1v) is 11.5. The Bertz CT molecular complexity index is 1170. The van der Waals surface area contributed by atoms with E-state index in [-0.39, 0.29) is 29.7 Å². The number of rotatable bonds is 7. The first-order valence-electron chi connectivity index (χ1n) is 11.2.